The first kappa shape index (κ1) is 15.9. The van der Waals surface area contributed by atoms with Crippen LogP contribution in [0, 0.1) is 0 Å². The molecule has 0 aliphatic carbocycles. The van der Waals surface area contributed by atoms with Gasteiger partial charge in [0.25, 0.3) is 0 Å². The van der Waals surface area contributed by atoms with Crippen LogP contribution in [0.1, 0.15) is 38.3 Å². The maximum Gasteiger partial charge on any atom is 0.239 e. The van der Waals surface area contributed by atoms with E-state index in [9.17, 15) is 4.79 Å². The number of benzene rings is 1. The molecule has 0 bridgehead atoms. The molecule has 1 aromatic rings. The fourth-order valence-corrected chi connectivity index (χ4v) is 2.44. The summed E-state index contributed by atoms with van der Waals surface area (Å²) in [5.74, 6) is 0.651. The maximum absolute atomic E-state index is 11.7. The minimum atomic E-state index is -0.602. The number of nitrogens with two attached hydrogens (primary N) is 1. The Morgan fingerprint density at radius 2 is 2.14 bits per heavy atom. The third-order valence-electron chi connectivity index (χ3n) is 3.51. The van der Waals surface area contributed by atoms with Crippen molar-refractivity contribution in [2.24, 2.45) is 5.73 Å². The Hall–Kier alpha value is -1.46. The van der Waals surface area contributed by atoms with Gasteiger partial charge in [0.2, 0.25) is 5.91 Å². The zero-order valence-corrected chi connectivity index (χ0v) is 13.1. The number of rotatable bonds is 5. The Morgan fingerprint density at radius 1 is 1.43 bits per heavy atom. The van der Waals surface area contributed by atoms with Crippen LogP contribution in [0.4, 0.5) is 0 Å². The second kappa shape index (κ2) is 7.00. The van der Waals surface area contributed by atoms with E-state index >= 15 is 0 Å². The first-order chi connectivity index (χ1) is 10.0. The van der Waals surface area contributed by atoms with Gasteiger partial charge in [-0.05, 0) is 31.0 Å². The molecule has 2 unspecified atom stereocenters. The average Bonchev–Trinajstić information content (AvgIpc) is 2.69. The van der Waals surface area contributed by atoms with Gasteiger partial charge in [-0.1, -0.05) is 18.5 Å². The minimum absolute atomic E-state index is 0.164. The lowest BCUT2D eigenvalue weighted by atomic mass is 10.0. The highest BCUT2D eigenvalue weighted by molar-refractivity contribution is 6.32. The molecular formula is C15H21ClN2O3. The van der Waals surface area contributed by atoms with Crippen LogP contribution in [0.3, 0.4) is 0 Å². The quantitative estimate of drug-likeness (QED) is 0.875. The summed E-state index contributed by atoms with van der Waals surface area (Å²) < 4.78 is 11.2. The zero-order chi connectivity index (χ0) is 15.4. The first-order valence-corrected chi connectivity index (χ1v) is 7.55. The molecule has 2 atom stereocenters. The van der Waals surface area contributed by atoms with Gasteiger partial charge in [-0.25, -0.2) is 0 Å². The van der Waals surface area contributed by atoms with E-state index in [0.29, 0.717) is 35.3 Å². The van der Waals surface area contributed by atoms with Crippen molar-refractivity contribution in [1.82, 2.24) is 5.32 Å². The molecule has 2 rings (SSSR count). The van der Waals surface area contributed by atoms with Gasteiger partial charge >= 0.3 is 0 Å². The lowest BCUT2D eigenvalue weighted by molar-refractivity contribution is -0.120. The van der Waals surface area contributed by atoms with Gasteiger partial charge in [-0.2, -0.15) is 0 Å². The molecule has 3 N–H and O–H groups in total. The summed E-state index contributed by atoms with van der Waals surface area (Å²) in [4.78, 5) is 11.7. The molecule has 0 radical (unpaired) electrons. The third kappa shape index (κ3) is 3.80. The van der Waals surface area contributed by atoms with Crippen LogP contribution in [-0.4, -0.2) is 25.2 Å². The Balaban J connectivity index is 2.35. The first-order valence-electron chi connectivity index (χ1n) is 7.17. The van der Waals surface area contributed by atoms with Gasteiger partial charge < -0.3 is 15.2 Å². The normalized spacial score (nSPS) is 16.9. The predicted molar refractivity (Wildman–Crippen MR) is 81.9 cm³/mol. The molecule has 1 heterocycles. The summed E-state index contributed by atoms with van der Waals surface area (Å²) in [5, 5.41) is 3.63. The SMILES string of the molecule is CCC(C)NC(C(N)=O)c1cc(Cl)c2c(c1)OCCCO2. The van der Waals surface area contributed by atoms with Gasteiger partial charge in [-0.3, -0.25) is 10.1 Å². The van der Waals surface area contributed by atoms with E-state index in [2.05, 4.69) is 5.32 Å². The molecule has 0 fully saturated rings. The highest BCUT2D eigenvalue weighted by Crippen LogP contribution is 2.39. The van der Waals surface area contributed by atoms with E-state index in [0.717, 1.165) is 12.8 Å². The number of fused-ring (bicyclic) bond motifs is 1. The van der Waals surface area contributed by atoms with Crippen LogP contribution in [0.25, 0.3) is 0 Å². The number of amides is 1. The summed E-state index contributed by atoms with van der Waals surface area (Å²) in [6, 6.07) is 3.05. The molecule has 6 heteroatoms. The van der Waals surface area contributed by atoms with Crippen LogP contribution in [-0.2, 0) is 4.79 Å². The fraction of sp³-hybridized carbons (Fsp3) is 0.533. The molecule has 0 aromatic heterocycles. The summed E-state index contributed by atoms with van der Waals surface area (Å²) in [6.07, 6.45) is 1.69. The van der Waals surface area contributed by atoms with E-state index < -0.39 is 11.9 Å². The number of ether oxygens (including phenoxy) is 2. The molecule has 116 valence electrons. The molecule has 1 aliphatic rings. The topological polar surface area (TPSA) is 73.6 Å². The molecule has 5 nitrogen and oxygen atoms in total. The maximum atomic E-state index is 11.7. The number of carbonyl (C=O) groups is 1. The minimum Gasteiger partial charge on any atom is -0.489 e. The molecule has 1 amide bonds. The molecule has 1 aromatic carbocycles. The largest absolute Gasteiger partial charge is 0.489 e. The smallest absolute Gasteiger partial charge is 0.239 e. The van der Waals surface area contributed by atoms with E-state index in [-0.39, 0.29) is 6.04 Å². The van der Waals surface area contributed by atoms with Crippen LogP contribution < -0.4 is 20.5 Å². The highest BCUT2D eigenvalue weighted by atomic mass is 35.5. The molecule has 0 saturated carbocycles. The number of hydrogen-bond acceptors (Lipinski definition) is 4. The van der Waals surface area contributed by atoms with Gasteiger partial charge in [0.1, 0.15) is 6.04 Å². The summed E-state index contributed by atoms with van der Waals surface area (Å²) in [5.41, 5.74) is 6.20. The van der Waals surface area contributed by atoms with Crippen molar-refractivity contribution in [3.05, 3.63) is 22.7 Å². The van der Waals surface area contributed by atoms with Gasteiger partial charge in [-0.15, -0.1) is 0 Å². The van der Waals surface area contributed by atoms with E-state index in [1.807, 2.05) is 13.8 Å². The van der Waals surface area contributed by atoms with Gasteiger partial charge in [0, 0.05) is 12.5 Å². The van der Waals surface area contributed by atoms with Crippen LogP contribution in [0.15, 0.2) is 12.1 Å². The lowest BCUT2D eigenvalue weighted by Crippen LogP contribution is -2.38. The molecule has 21 heavy (non-hydrogen) atoms. The Labute approximate surface area is 129 Å². The summed E-state index contributed by atoms with van der Waals surface area (Å²) >= 11 is 6.25. The fourth-order valence-electron chi connectivity index (χ4n) is 2.16. The number of hydrogen-bond donors (Lipinski definition) is 2. The van der Waals surface area contributed by atoms with E-state index in [1.165, 1.54) is 0 Å². The zero-order valence-electron chi connectivity index (χ0n) is 12.3. The van der Waals surface area contributed by atoms with Crippen LogP contribution >= 0.6 is 11.6 Å². The number of nitrogens with one attached hydrogen (secondary N) is 1. The lowest BCUT2D eigenvalue weighted by Gasteiger charge is -2.21. The Morgan fingerprint density at radius 3 is 2.81 bits per heavy atom. The standard InChI is InChI=1S/C15H21ClN2O3/c1-3-9(2)18-13(15(17)19)10-7-11(16)14-12(8-10)20-5-4-6-21-14/h7-9,13,18H,3-6H2,1-2H3,(H2,17,19). The molecular weight excluding hydrogens is 292 g/mol. The van der Waals surface area contributed by atoms with E-state index in [1.54, 1.807) is 12.1 Å². The van der Waals surface area contributed by atoms with Crippen molar-refractivity contribution in [3.8, 4) is 11.5 Å². The highest BCUT2D eigenvalue weighted by Gasteiger charge is 2.24. The van der Waals surface area contributed by atoms with Crippen molar-refractivity contribution in [2.45, 2.75) is 38.8 Å². The van der Waals surface area contributed by atoms with Gasteiger partial charge in [0.05, 0.1) is 18.2 Å². The van der Waals surface area contributed by atoms with Crippen LogP contribution in [0.2, 0.25) is 5.02 Å². The molecule has 0 spiro atoms. The van der Waals surface area contributed by atoms with E-state index in [4.69, 9.17) is 26.8 Å². The number of carbonyl (C=O) groups excluding carboxylic acids is 1. The number of primary amides is 1. The van der Waals surface area contributed by atoms with Crippen molar-refractivity contribution < 1.29 is 14.3 Å². The Kier molecular flexibility index (Phi) is 5.31. The summed E-state index contributed by atoms with van der Waals surface area (Å²) in [6.45, 7) is 5.17. The van der Waals surface area contributed by atoms with Crippen molar-refractivity contribution in [1.29, 1.82) is 0 Å². The average molecular weight is 313 g/mol. The Bertz CT molecular complexity index is 522. The molecule has 0 saturated heterocycles. The van der Waals surface area contributed by atoms with Gasteiger partial charge in [0.15, 0.2) is 11.5 Å². The van der Waals surface area contributed by atoms with Crippen molar-refractivity contribution in [2.75, 3.05) is 13.2 Å². The van der Waals surface area contributed by atoms with Crippen molar-refractivity contribution >= 4 is 17.5 Å². The number of halogens is 1. The second-order valence-electron chi connectivity index (χ2n) is 5.19. The third-order valence-corrected chi connectivity index (χ3v) is 3.79. The van der Waals surface area contributed by atoms with Crippen molar-refractivity contribution in [3.63, 3.8) is 0 Å². The molecule has 1 aliphatic heterocycles. The predicted octanol–water partition coefficient (Wildman–Crippen LogP) is 2.42. The summed E-state index contributed by atoms with van der Waals surface area (Å²) in [7, 11) is 0. The second-order valence-corrected chi connectivity index (χ2v) is 5.60. The van der Waals surface area contributed by atoms with Crippen LogP contribution in [0.5, 0.6) is 11.5 Å². The monoisotopic (exact) mass is 312 g/mol.